The number of aromatic nitrogens is 3. The van der Waals surface area contributed by atoms with E-state index in [1.807, 2.05) is 6.20 Å². The van der Waals surface area contributed by atoms with Gasteiger partial charge in [0.15, 0.2) is 0 Å². The summed E-state index contributed by atoms with van der Waals surface area (Å²) in [6, 6.07) is 11.1. The van der Waals surface area contributed by atoms with E-state index in [1.165, 1.54) is 31.4 Å². The van der Waals surface area contributed by atoms with Crippen LogP contribution in [-0.4, -0.2) is 54.3 Å². The number of nitrogens with zero attached hydrogens (tertiary/aromatic N) is 4. The Labute approximate surface area is 171 Å². The van der Waals surface area contributed by atoms with Gasteiger partial charge in [-0.05, 0) is 43.2 Å². The molecule has 7 heteroatoms. The SMILES string of the molecule is CN(c1nc(Nc2ccc(N3CCOCC3)cc2)nc2[nH]ccc12)C1CCCC1. The van der Waals surface area contributed by atoms with Gasteiger partial charge in [0.2, 0.25) is 5.95 Å². The van der Waals surface area contributed by atoms with Crippen LogP contribution in [0.4, 0.5) is 23.1 Å². The van der Waals surface area contributed by atoms with E-state index in [1.54, 1.807) is 0 Å². The van der Waals surface area contributed by atoms with Crippen molar-refractivity contribution in [3.05, 3.63) is 36.5 Å². The molecule has 2 fully saturated rings. The van der Waals surface area contributed by atoms with Gasteiger partial charge < -0.3 is 24.8 Å². The van der Waals surface area contributed by atoms with E-state index in [0.29, 0.717) is 12.0 Å². The average molecular weight is 393 g/mol. The molecule has 0 bridgehead atoms. The smallest absolute Gasteiger partial charge is 0.231 e. The highest BCUT2D eigenvalue weighted by Crippen LogP contribution is 2.31. The molecule has 3 heterocycles. The van der Waals surface area contributed by atoms with Crippen molar-refractivity contribution >= 4 is 34.2 Å². The Morgan fingerprint density at radius 1 is 1.07 bits per heavy atom. The maximum atomic E-state index is 5.44. The Kier molecular flexibility index (Phi) is 4.97. The number of nitrogens with one attached hydrogen (secondary N) is 2. The first-order valence-corrected chi connectivity index (χ1v) is 10.6. The van der Waals surface area contributed by atoms with Gasteiger partial charge in [-0.2, -0.15) is 9.97 Å². The Bertz CT molecular complexity index is 957. The van der Waals surface area contributed by atoms with E-state index in [2.05, 4.69) is 62.5 Å². The summed E-state index contributed by atoms with van der Waals surface area (Å²) in [7, 11) is 2.16. The predicted octanol–water partition coefficient (Wildman–Crippen LogP) is 3.92. The summed E-state index contributed by atoms with van der Waals surface area (Å²) in [4.78, 5) is 17.5. The van der Waals surface area contributed by atoms with Crippen LogP contribution in [0.15, 0.2) is 36.5 Å². The van der Waals surface area contributed by atoms with Crippen LogP contribution in [0.5, 0.6) is 0 Å². The van der Waals surface area contributed by atoms with Crippen molar-refractivity contribution in [1.82, 2.24) is 15.0 Å². The van der Waals surface area contributed by atoms with Crippen LogP contribution in [0, 0.1) is 0 Å². The highest BCUT2D eigenvalue weighted by atomic mass is 16.5. The molecule has 1 saturated heterocycles. The third kappa shape index (κ3) is 3.74. The van der Waals surface area contributed by atoms with E-state index in [9.17, 15) is 0 Å². The minimum atomic E-state index is 0.559. The second-order valence-corrected chi connectivity index (χ2v) is 7.93. The van der Waals surface area contributed by atoms with Crippen molar-refractivity contribution in [2.24, 2.45) is 0 Å². The fraction of sp³-hybridized carbons (Fsp3) is 0.455. The molecule has 1 aromatic carbocycles. The van der Waals surface area contributed by atoms with Crippen LogP contribution >= 0.6 is 0 Å². The van der Waals surface area contributed by atoms with E-state index >= 15 is 0 Å². The first-order valence-electron chi connectivity index (χ1n) is 10.6. The number of hydrogen-bond donors (Lipinski definition) is 2. The molecule has 2 aromatic heterocycles. The third-order valence-electron chi connectivity index (χ3n) is 6.10. The lowest BCUT2D eigenvalue weighted by atomic mass is 10.2. The minimum Gasteiger partial charge on any atom is -0.378 e. The first kappa shape index (κ1) is 18.2. The Hall–Kier alpha value is -2.80. The molecular formula is C22H28N6O. The van der Waals surface area contributed by atoms with E-state index < -0.39 is 0 Å². The van der Waals surface area contributed by atoms with Gasteiger partial charge in [-0.25, -0.2) is 0 Å². The van der Waals surface area contributed by atoms with Gasteiger partial charge in [-0.3, -0.25) is 0 Å². The zero-order valence-corrected chi connectivity index (χ0v) is 16.9. The van der Waals surface area contributed by atoms with E-state index in [-0.39, 0.29) is 0 Å². The van der Waals surface area contributed by atoms with Crippen LogP contribution in [0.1, 0.15) is 25.7 Å². The summed E-state index contributed by atoms with van der Waals surface area (Å²) < 4.78 is 5.44. The molecule has 0 atom stereocenters. The van der Waals surface area contributed by atoms with Crippen molar-refractivity contribution in [3.63, 3.8) is 0 Å². The largest absolute Gasteiger partial charge is 0.378 e. The van der Waals surface area contributed by atoms with Crippen molar-refractivity contribution in [3.8, 4) is 0 Å². The number of hydrogen-bond acceptors (Lipinski definition) is 6. The van der Waals surface area contributed by atoms with Crippen LogP contribution < -0.4 is 15.1 Å². The molecule has 1 aliphatic heterocycles. The fourth-order valence-electron chi connectivity index (χ4n) is 4.42. The topological polar surface area (TPSA) is 69.3 Å². The number of ether oxygens (including phenoxy) is 1. The van der Waals surface area contributed by atoms with Crippen molar-refractivity contribution < 1.29 is 4.74 Å². The Morgan fingerprint density at radius 2 is 1.83 bits per heavy atom. The fourth-order valence-corrected chi connectivity index (χ4v) is 4.42. The predicted molar refractivity (Wildman–Crippen MR) is 117 cm³/mol. The van der Waals surface area contributed by atoms with Gasteiger partial charge >= 0.3 is 0 Å². The maximum absolute atomic E-state index is 5.44. The monoisotopic (exact) mass is 392 g/mol. The first-order chi connectivity index (χ1) is 14.3. The Balaban J connectivity index is 1.38. The molecule has 7 nitrogen and oxygen atoms in total. The highest BCUT2D eigenvalue weighted by molar-refractivity contribution is 5.89. The molecule has 29 heavy (non-hydrogen) atoms. The Morgan fingerprint density at radius 3 is 2.59 bits per heavy atom. The lowest BCUT2D eigenvalue weighted by Gasteiger charge is -2.29. The van der Waals surface area contributed by atoms with Gasteiger partial charge in [0.25, 0.3) is 0 Å². The second-order valence-electron chi connectivity index (χ2n) is 7.93. The van der Waals surface area contributed by atoms with E-state index in [4.69, 9.17) is 9.72 Å². The summed E-state index contributed by atoms with van der Waals surface area (Å²) in [6.07, 6.45) is 7.01. The third-order valence-corrected chi connectivity index (χ3v) is 6.10. The maximum Gasteiger partial charge on any atom is 0.231 e. The molecule has 0 radical (unpaired) electrons. The second kappa shape index (κ2) is 7.91. The van der Waals surface area contributed by atoms with Crippen LogP contribution in [0.2, 0.25) is 0 Å². The summed E-state index contributed by atoms with van der Waals surface area (Å²) in [5.74, 6) is 1.62. The lowest BCUT2D eigenvalue weighted by Crippen LogP contribution is -2.36. The number of aromatic amines is 1. The van der Waals surface area contributed by atoms with Crippen molar-refractivity contribution in [2.75, 3.05) is 48.5 Å². The number of benzene rings is 1. The normalized spacial score (nSPS) is 17.8. The van der Waals surface area contributed by atoms with Gasteiger partial charge in [0.05, 0.1) is 18.6 Å². The molecule has 0 amide bonds. The summed E-state index contributed by atoms with van der Waals surface area (Å²) in [5.41, 5.74) is 3.08. The van der Waals surface area contributed by atoms with Crippen LogP contribution in [0.25, 0.3) is 11.0 Å². The number of morpholine rings is 1. The molecular weight excluding hydrogens is 364 g/mol. The zero-order chi connectivity index (χ0) is 19.6. The summed E-state index contributed by atoms with van der Waals surface area (Å²) in [5, 5.41) is 4.47. The quantitative estimate of drug-likeness (QED) is 0.686. The summed E-state index contributed by atoms with van der Waals surface area (Å²) in [6.45, 7) is 3.47. The van der Waals surface area contributed by atoms with Crippen molar-refractivity contribution in [2.45, 2.75) is 31.7 Å². The molecule has 0 spiro atoms. The van der Waals surface area contributed by atoms with Crippen molar-refractivity contribution in [1.29, 1.82) is 0 Å². The van der Waals surface area contributed by atoms with E-state index in [0.717, 1.165) is 48.8 Å². The van der Waals surface area contributed by atoms with Gasteiger partial charge in [-0.15, -0.1) is 0 Å². The molecule has 1 saturated carbocycles. The molecule has 2 aliphatic rings. The molecule has 1 aliphatic carbocycles. The zero-order valence-electron chi connectivity index (χ0n) is 16.9. The van der Waals surface area contributed by atoms with Crippen LogP contribution in [0.3, 0.4) is 0 Å². The molecule has 0 unspecified atom stereocenters. The number of fused-ring (bicyclic) bond motifs is 1. The summed E-state index contributed by atoms with van der Waals surface area (Å²) >= 11 is 0. The molecule has 152 valence electrons. The highest BCUT2D eigenvalue weighted by Gasteiger charge is 2.23. The van der Waals surface area contributed by atoms with Crippen LogP contribution in [-0.2, 0) is 4.74 Å². The average Bonchev–Trinajstić information content (AvgIpc) is 3.46. The number of rotatable bonds is 5. The molecule has 3 aromatic rings. The van der Waals surface area contributed by atoms with Gasteiger partial charge in [0, 0.05) is 43.8 Å². The van der Waals surface area contributed by atoms with Gasteiger partial charge in [0.1, 0.15) is 11.5 Å². The molecule has 2 N–H and O–H groups in total. The number of H-pyrrole nitrogens is 1. The lowest BCUT2D eigenvalue weighted by molar-refractivity contribution is 0.122. The minimum absolute atomic E-state index is 0.559. The van der Waals surface area contributed by atoms with Gasteiger partial charge in [-0.1, -0.05) is 12.8 Å². The number of anilines is 4. The molecule has 5 rings (SSSR count). The standard InChI is InChI=1S/C22H28N6O/c1-27(17-4-2-3-5-17)21-19-10-11-23-20(19)25-22(26-21)24-16-6-8-18(9-7-16)28-12-14-29-15-13-28/h6-11,17H,2-5,12-15H2,1H3,(H2,23,24,25,26).